The van der Waals surface area contributed by atoms with Gasteiger partial charge in [0.2, 0.25) is 0 Å². The van der Waals surface area contributed by atoms with Crippen LogP contribution in [-0.2, 0) is 0 Å². The monoisotopic (exact) mass is 698 g/mol. The zero-order valence-corrected chi connectivity index (χ0v) is 29.6. The lowest BCUT2D eigenvalue weighted by atomic mass is 10.0. The van der Waals surface area contributed by atoms with Gasteiger partial charge in [-0.15, -0.1) is 0 Å². The maximum Gasteiger partial charge on any atom is 0.137 e. The van der Waals surface area contributed by atoms with E-state index >= 15 is 0 Å². The van der Waals surface area contributed by atoms with Gasteiger partial charge < -0.3 is 13.6 Å². The molecule has 13 rings (SSSR count). The first-order chi connectivity index (χ1) is 27.3. The minimum Gasteiger partial charge on any atom is -0.456 e. The molecule has 12 aromatic rings. The molecule has 0 bridgehead atoms. The summed E-state index contributed by atoms with van der Waals surface area (Å²) in [6, 6.07) is 66.5. The van der Waals surface area contributed by atoms with E-state index in [2.05, 4.69) is 191 Å². The van der Waals surface area contributed by atoms with E-state index in [4.69, 9.17) is 4.42 Å². The van der Waals surface area contributed by atoms with Gasteiger partial charge in [0.25, 0.3) is 0 Å². The molecule has 0 unspecified atom stereocenters. The highest BCUT2D eigenvalue weighted by atomic mass is 16.3. The lowest BCUT2D eigenvalue weighted by molar-refractivity contribution is 0.669. The molecule has 0 radical (unpaired) electrons. The second kappa shape index (κ2) is 10.6. The van der Waals surface area contributed by atoms with Crippen molar-refractivity contribution in [3.63, 3.8) is 0 Å². The Hall–Kier alpha value is -7.36. The lowest BCUT2D eigenvalue weighted by Crippen LogP contribution is -1.96. The van der Waals surface area contributed by atoms with Gasteiger partial charge in [-0.2, -0.15) is 0 Å². The van der Waals surface area contributed by atoms with E-state index in [0.29, 0.717) is 0 Å². The molecule has 3 nitrogen and oxygen atoms in total. The van der Waals surface area contributed by atoms with E-state index in [1.54, 1.807) is 0 Å². The summed E-state index contributed by atoms with van der Waals surface area (Å²) in [5, 5.41) is 9.74. The number of rotatable bonds is 3. The smallest absolute Gasteiger partial charge is 0.137 e. The maximum absolute atomic E-state index is 6.58. The third-order valence-corrected chi connectivity index (χ3v) is 12.0. The Bertz CT molecular complexity index is 3600. The minimum absolute atomic E-state index is 0.892. The summed E-state index contributed by atoms with van der Waals surface area (Å²) in [4.78, 5) is 0. The van der Waals surface area contributed by atoms with Crippen molar-refractivity contribution in [2.45, 2.75) is 0 Å². The molecule has 0 saturated heterocycles. The van der Waals surface area contributed by atoms with E-state index < -0.39 is 0 Å². The van der Waals surface area contributed by atoms with Crippen molar-refractivity contribution < 1.29 is 4.42 Å². The van der Waals surface area contributed by atoms with Crippen molar-refractivity contribution in [3.05, 3.63) is 182 Å². The van der Waals surface area contributed by atoms with Crippen molar-refractivity contribution >= 4 is 76.3 Å². The minimum atomic E-state index is 0.892. The topological polar surface area (TPSA) is 23.0 Å². The third kappa shape index (κ3) is 3.84. The molecular formula is C52H30N2O. The summed E-state index contributed by atoms with van der Waals surface area (Å²) in [7, 11) is 0. The summed E-state index contributed by atoms with van der Waals surface area (Å²) in [6.45, 7) is 0. The number of nitrogens with zero attached hydrogens (tertiary/aromatic N) is 2. The Labute approximate surface area is 315 Å². The average molecular weight is 699 g/mol. The van der Waals surface area contributed by atoms with Crippen LogP contribution in [0.1, 0.15) is 0 Å². The van der Waals surface area contributed by atoms with Crippen LogP contribution in [-0.4, -0.2) is 9.13 Å². The van der Waals surface area contributed by atoms with Crippen molar-refractivity contribution in [2.24, 2.45) is 0 Å². The molecule has 3 aromatic heterocycles. The molecule has 0 atom stereocenters. The van der Waals surface area contributed by atoms with E-state index in [1.807, 2.05) is 0 Å². The zero-order chi connectivity index (χ0) is 35.8. The molecule has 55 heavy (non-hydrogen) atoms. The van der Waals surface area contributed by atoms with Crippen LogP contribution in [0.4, 0.5) is 0 Å². The van der Waals surface area contributed by atoms with Gasteiger partial charge in [0.05, 0.1) is 27.5 Å². The molecule has 0 spiro atoms. The van der Waals surface area contributed by atoms with E-state index in [9.17, 15) is 0 Å². The number of fused-ring (bicyclic) bond motifs is 14. The van der Waals surface area contributed by atoms with Crippen molar-refractivity contribution in [3.8, 4) is 44.8 Å². The van der Waals surface area contributed by atoms with Crippen LogP contribution in [0, 0.1) is 0 Å². The van der Waals surface area contributed by atoms with Crippen molar-refractivity contribution in [1.82, 2.24) is 9.13 Å². The highest BCUT2D eigenvalue weighted by Crippen LogP contribution is 2.50. The SMILES string of the molecule is c1ccc(-c2cccc(-n3c4ccccc4c4ccc5c(c6ccc7oc8ccccc8c7c6n5-c5cc6c7c(cccc7c5)-c5ccccc5-6)c43)c2)cc1. The normalized spacial score (nSPS) is 12.4. The highest BCUT2D eigenvalue weighted by Gasteiger charge is 2.26. The van der Waals surface area contributed by atoms with Gasteiger partial charge >= 0.3 is 0 Å². The van der Waals surface area contributed by atoms with Gasteiger partial charge in [0.1, 0.15) is 11.2 Å². The van der Waals surface area contributed by atoms with Crippen LogP contribution in [0.3, 0.4) is 0 Å². The van der Waals surface area contributed by atoms with Crippen LogP contribution in [0.5, 0.6) is 0 Å². The Kier molecular flexibility index (Phi) is 5.63. The van der Waals surface area contributed by atoms with Crippen LogP contribution >= 0.6 is 0 Å². The molecule has 1 aliphatic rings. The molecule has 0 amide bonds. The maximum atomic E-state index is 6.58. The predicted octanol–water partition coefficient (Wildman–Crippen LogP) is 14.2. The van der Waals surface area contributed by atoms with Crippen LogP contribution < -0.4 is 0 Å². The van der Waals surface area contributed by atoms with E-state index in [0.717, 1.165) is 44.3 Å². The molecule has 3 heterocycles. The summed E-state index contributed by atoms with van der Waals surface area (Å²) in [5.74, 6) is 0. The molecule has 0 aliphatic heterocycles. The number of aromatic nitrogens is 2. The molecule has 1 aliphatic carbocycles. The third-order valence-electron chi connectivity index (χ3n) is 12.0. The molecule has 3 heteroatoms. The van der Waals surface area contributed by atoms with Crippen LogP contribution in [0.2, 0.25) is 0 Å². The molecular weight excluding hydrogens is 669 g/mol. The quantitative estimate of drug-likeness (QED) is 0.180. The fourth-order valence-electron chi connectivity index (χ4n) is 9.77. The van der Waals surface area contributed by atoms with Crippen LogP contribution in [0.15, 0.2) is 186 Å². The average Bonchev–Trinajstić information content (AvgIpc) is 3.98. The van der Waals surface area contributed by atoms with E-state index in [-0.39, 0.29) is 0 Å². The standard InChI is InChI=1S/C52H30N2O/c1-2-12-31(13-3-1)32-14-10-16-34(28-32)53-44-22-8-6-19-38(44)40-24-26-45-49(51(40)53)42-25-27-47-50(41-20-7-9-23-46(41)55-47)52(42)54(45)35-29-33-15-11-21-39-36-17-4-5-18-37(36)43(30-35)48(33)39/h1-30H. The molecule has 0 saturated carbocycles. The van der Waals surface area contributed by atoms with Gasteiger partial charge in [-0.3, -0.25) is 0 Å². The first-order valence-corrected chi connectivity index (χ1v) is 18.9. The van der Waals surface area contributed by atoms with Gasteiger partial charge in [-0.25, -0.2) is 0 Å². The van der Waals surface area contributed by atoms with Gasteiger partial charge in [-0.05, 0) is 98.8 Å². The lowest BCUT2D eigenvalue weighted by Gasteiger charge is -2.13. The Balaban J connectivity index is 1.23. The number of benzene rings is 9. The van der Waals surface area contributed by atoms with Crippen LogP contribution in [0.25, 0.3) is 121 Å². The van der Waals surface area contributed by atoms with Gasteiger partial charge in [0, 0.05) is 38.3 Å². The Morgan fingerprint density at radius 1 is 0.327 bits per heavy atom. The number of hydrogen-bond donors (Lipinski definition) is 0. The predicted molar refractivity (Wildman–Crippen MR) is 230 cm³/mol. The number of hydrogen-bond acceptors (Lipinski definition) is 1. The summed E-state index contributed by atoms with van der Waals surface area (Å²) >= 11 is 0. The summed E-state index contributed by atoms with van der Waals surface area (Å²) < 4.78 is 11.6. The number of para-hydroxylation sites is 2. The second-order valence-corrected chi connectivity index (χ2v) is 14.8. The molecule has 0 N–H and O–H groups in total. The zero-order valence-electron chi connectivity index (χ0n) is 29.6. The first kappa shape index (κ1) is 29.1. The van der Waals surface area contributed by atoms with Crippen molar-refractivity contribution in [2.75, 3.05) is 0 Å². The molecule has 0 fully saturated rings. The first-order valence-electron chi connectivity index (χ1n) is 18.9. The molecule has 9 aromatic carbocycles. The molecule has 254 valence electrons. The fraction of sp³-hybridized carbons (Fsp3) is 0. The second-order valence-electron chi connectivity index (χ2n) is 14.8. The van der Waals surface area contributed by atoms with Gasteiger partial charge in [-0.1, -0.05) is 127 Å². The summed E-state index contributed by atoms with van der Waals surface area (Å²) in [5.41, 5.74) is 16.4. The fourth-order valence-corrected chi connectivity index (χ4v) is 9.77. The Morgan fingerprint density at radius 2 is 1.02 bits per heavy atom. The van der Waals surface area contributed by atoms with E-state index in [1.165, 1.54) is 76.7 Å². The largest absolute Gasteiger partial charge is 0.456 e. The Morgan fingerprint density at radius 3 is 1.93 bits per heavy atom. The van der Waals surface area contributed by atoms with Crippen molar-refractivity contribution in [1.29, 1.82) is 0 Å². The number of furan rings is 1. The van der Waals surface area contributed by atoms with Gasteiger partial charge in [0.15, 0.2) is 0 Å². The highest BCUT2D eigenvalue weighted by molar-refractivity contribution is 6.31. The summed E-state index contributed by atoms with van der Waals surface area (Å²) in [6.07, 6.45) is 0.